The Hall–Kier alpha value is -3.72. The van der Waals surface area contributed by atoms with Gasteiger partial charge in [-0.15, -0.1) is 19.7 Å². The van der Waals surface area contributed by atoms with Crippen LogP contribution in [0.2, 0.25) is 0 Å². The van der Waals surface area contributed by atoms with Crippen molar-refractivity contribution in [3.63, 3.8) is 0 Å². The first kappa shape index (κ1) is 43.0. The van der Waals surface area contributed by atoms with E-state index in [2.05, 4.69) is 76.9 Å². The van der Waals surface area contributed by atoms with Crippen LogP contribution < -0.4 is 14.2 Å². The number of fused-ring (bicyclic) bond motifs is 6. The molecule has 0 radical (unpaired) electrons. The number of ether oxygens (including phenoxy) is 3. The Labute approximate surface area is 329 Å². The Balaban J connectivity index is 1.99. The van der Waals surface area contributed by atoms with Gasteiger partial charge < -0.3 is 14.2 Å². The first-order valence-corrected chi connectivity index (χ1v) is 21.8. The van der Waals surface area contributed by atoms with Gasteiger partial charge in [-0.25, -0.2) is 0 Å². The second-order valence-electron chi connectivity index (χ2n) is 15.3. The molecule has 0 spiro atoms. The van der Waals surface area contributed by atoms with Crippen molar-refractivity contribution in [2.45, 2.75) is 156 Å². The summed E-state index contributed by atoms with van der Waals surface area (Å²) in [6.45, 7) is 21.1. The number of rotatable bonds is 30. The molecule has 0 fully saturated rings. The molecule has 0 atom stereocenters. The second-order valence-corrected chi connectivity index (χ2v) is 15.3. The van der Waals surface area contributed by atoms with Crippen LogP contribution in [0.1, 0.15) is 153 Å². The number of benzene rings is 4. The second kappa shape index (κ2) is 24.6. The van der Waals surface area contributed by atoms with Crippen LogP contribution in [0.25, 0.3) is 32.3 Å². The van der Waals surface area contributed by atoms with E-state index in [1.165, 1.54) is 107 Å². The summed E-state index contributed by atoms with van der Waals surface area (Å²) in [7, 11) is 0. The van der Waals surface area contributed by atoms with Crippen LogP contribution in [0.15, 0.2) is 74.4 Å². The quantitative estimate of drug-likeness (QED) is 0.0303. The molecule has 0 amide bonds. The van der Waals surface area contributed by atoms with Gasteiger partial charge in [-0.3, -0.25) is 0 Å². The maximum Gasteiger partial charge on any atom is 0.123 e. The Morgan fingerprint density at radius 2 is 0.648 bits per heavy atom. The van der Waals surface area contributed by atoms with Crippen LogP contribution in [-0.4, -0.2) is 19.8 Å². The van der Waals surface area contributed by atoms with Crippen molar-refractivity contribution in [2.24, 2.45) is 0 Å². The molecule has 0 heterocycles. The smallest absolute Gasteiger partial charge is 0.123 e. The van der Waals surface area contributed by atoms with E-state index >= 15 is 0 Å². The molecule has 0 aliphatic rings. The Morgan fingerprint density at radius 1 is 0.370 bits per heavy atom. The van der Waals surface area contributed by atoms with Gasteiger partial charge in [0.2, 0.25) is 0 Å². The Kier molecular flexibility index (Phi) is 19.6. The van der Waals surface area contributed by atoms with Gasteiger partial charge in [0.1, 0.15) is 17.2 Å². The molecule has 0 N–H and O–H groups in total. The minimum atomic E-state index is 0.748. The molecular weight excluding hydrogens is 661 g/mol. The van der Waals surface area contributed by atoms with Crippen molar-refractivity contribution < 1.29 is 14.2 Å². The van der Waals surface area contributed by atoms with E-state index in [1.54, 1.807) is 0 Å². The fourth-order valence-electron chi connectivity index (χ4n) is 7.64. The van der Waals surface area contributed by atoms with E-state index in [1.807, 2.05) is 18.2 Å². The molecule has 0 aliphatic carbocycles. The van der Waals surface area contributed by atoms with Crippen molar-refractivity contribution in [1.29, 1.82) is 0 Å². The lowest BCUT2D eigenvalue weighted by molar-refractivity contribution is 0.302. The van der Waals surface area contributed by atoms with Gasteiger partial charge in [0.25, 0.3) is 0 Å². The van der Waals surface area contributed by atoms with Crippen molar-refractivity contribution in [1.82, 2.24) is 0 Å². The normalized spacial score (nSPS) is 11.4. The highest BCUT2D eigenvalue weighted by Gasteiger charge is 2.19. The SMILES string of the molecule is C=CCCCc1cc2c(cc1OCCCCCC)c1cc(CCCC=C)c(OCCCCCC)cc1c1cc(CCCC=C)c(OCCCCCC)cc21. The average Bonchev–Trinajstić information content (AvgIpc) is 3.18. The first-order valence-electron chi connectivity index (χ1n) is 21.8. The predicted molar refractivity (Wildman–Crippen MR) is 237 cm³/mol. The minimum absolute atomic E-state index is 0.748. The van der Waals surface area contributed by atoms with Crippen molar-refractivity contribution in [3.05, 3.63) is 91.1 Å². The minimum Gasteiger partial charge on any atom is -0.493 e. The largest absolute Gasteiger partial charge is 0.493 e. The van der Waals surface area contributed by atoms with Crippen LogP contribution in [0.3, 0.4) is 0 Å². The number of aryl methyl sites for hydroxylation is 3. The summed E-state index contributed by atoms with van der Waals surface area (Å²) in [5, 5.41) is 7.60. The number of hydrogen-bond donors (Lipinski definition) is 0. The van der Waals surface area contributed by atoms with Gasteiger partial charge >= 0.3 is 0 Å². The van der Waals surface area contributed by atoms with E-state index in [4.69, 9.17) is 14.2 Å². The van der Waals surface area contributed by atoms with Crippen molar-refractivity contribution in [3.8, 4) is 17.2 Å². The molecule has 0 aliphatic heterocycles. The summed E-state index contributed by atoms with van der Waals surface area (Å²) in [5.74, 6) is 3.09. The van der Waals surface area contributed by atoms with E-state index in [-0.39, 0.29) is 0 Å². The molecule has 3 heteroatoms. The molecule has 4 rings (SSSR count). The van der Waals surface area contributed by atoms with Crippen molar-refractivity contribution in [2.75, 3.05) is 19.8 Å². The zero-order chi connectivity index (χ0) is 38.4. The summed E-state index contributed by atoms with van der Waals surface area (Å²) < 4.78 is 20.1. The van der Waals surface area contributed by atoms with Gasteiger partial charge in [0, 0.05) is 0 Å². The van der Waals surface area contributed by atoms with Crippen molar-refractivity contribution >= 4 is 32.3 Å². The summed E-state index contributed by atoms with van der Waals surface area (Å²) in [6.07, 6.45) is 29.4. The molecular formula is C51H72O3. The molecule has 54 heavy (non-hydrogen) atoms. The van der Waals surface area contributed by atoms with Gasteiger partial charge in [0.15, 0.2) is 0 Å². The van der Waals surface area contributed by atoms with Gasteiger partial charge in [-0.2, -0.15) is 0 Å². The van der Waals surface area contributed by atoms with Crippen LogP contribution >= 0.6 is 0 Å². The van der Waals surface area contributed by atoms with Crippen LogP contribution in [0.5, 0.6) is 17.2 Å². The third kappa shape index (κ3) is 12.7. The molecule has 294 valence electrons. The third-order valence-corrected chi connectivity index (χ3v) is 10.8. The maximum atomic E-state index is 6.69. The lowest BCUT2D eigenvalue weighted by atomic mass is 9.88. The highest BCUT2D eigenvalue weighted by molar-refractivity contribution is 6.26. The topological polar surface area (TPSA) is 27.7 Å². The molecule has 0 unspecified atom stereocenters. The highest BCUT2D eigenvalue weighted by atomic mass is 16.5. The molecule has 4 aromatic rings. The van der Waals surface area contributed by atoms with E-state index in [9.17, 15) is 0 Å². The summed E-state index contributed by atoms with van der Waals surface area (Å²) in [6, 6.07) is 14.4. The first-order chi connectivity index (χ1) is 26.6. The zero-order valence-corrected chi connectivity index (χ0v) is 34.5. The monoisotopic (exact) mass is 733 g/mol. The summed E-state index contributed by atoms with van der Waals surface area (Å²) >= 11 is 0. The Morgan fingerprint density at radius 3 is 0.907 bits per heavy atom. The predicted octanol–water partition coefficient (Wildman–Crippen LogP) is 15.5. The zero-order valence-electron chi connectivity index (χ0n) is 34.5. The average molecular weight is 733 g/mol. The van der Waals surface area contributed by atoms with E-state index in [0.717, 1.165) is 114 Å². The molecule has 0 aromatic heterocycles. The van der Waals surface area contributed by atoms with Crippen LogP contribution in [0.4, 0.5) is 0 Å². The van der Waals surface area contributed by atoms with Gasteiger partial charge in [0.05, 0.1) is 19.8 Å². The van der Waals surface area contributed by atoms with E-state index < -0.39 is 0 Å². The highest BCUT2D eigenvalue weighted by Crippen LogP contribution is 2.44. The number of allylic oxidation sites excluding steroid dienone is 3. The summed E-state index contributed by atoms with van der Waals surface area (Å²) in [4.78, 5) is 0. The number of hydrogen-bond acceptors (Lipinski definition) is 3. The molecule has 4 aromatic carbocycles. The fraction of sp³-hybridized carbons (Fsp3) is 0.529. The van der Waals surface area contributed by atoms with E-state index in [0.29, 0.717) is 0 Å². The summed E-state index contributed by atoms with van der Waals surface area (Å²) in [5.41, 5.74) is 3.86. The van der Waals surface area contributed by atoms with Crippen LogP contribution in [-0.2, 0) is 19.3 Å². The standard InChI is InChI=1S/C51H72O3/c1-7-13-19-25-31-52-49-37-46-43(34-40(49)28-22-16-10-4)47-38-50(53-32-26-20-14-8-2)42(30-24-18-12-6)36-45(47)48-39-51(54-33-27-21-15-9-3)41(35-44(46)48)29-23-17-11-5/h10-12,34-39H,4-9,13-33H2,1-3H3. The Bertz CT molecular complexity index is 1510. The fourth-order valence-corrected chi connectivity index (χ4v) is 7.64. The van der Waals surface area contributed by atoms with Crippen LogP contribution in [0, 0.1) is 0 Å². The molecule has 3 nitrogen and oxygen atoms in total. The number of unbranched alkanes of at least 4 members (excludes halogenated alkanes) is 12. The lowest BCUT2D eigenvalue weighted by Crippen LogP contribution is -2.03. The van der Waals surface area contributed by atoms with Gasteiger partial charge in [-0.1, -0.05) is 96.8 Å². The third-order valence-electron chi connectivity index (χ3n) is 10.8. The maximum absolute atomic E-state index is 6.69. The molecule has 0 saturated heterocycles. The lowest BCUT2D eigenvalue weighted by Gasteiger charge is -2.20. The molecule has 0 saturated carbocycles. The molecule has 0 bridgehead atoms. The van der Waals surface area contributed by atoms with Gasteiger partial charge in [-0.05, 0) is 162 Å².